The van der Waals surface area contributed by atoms with Crippen molar-refractivity contribution in [2.75, 3.05) is 19.7 Å². The summed E-state index contributed by atoms with van der Waals surface area (Å²) in [6, 6.07) is 3.76. The molecular weight excluding hydrogens is 358 g/mol. The van der Waals surface area contributed by atoms with Crippen molar-refractivity contribution in [2.24, 2.45) is 0 Å². The molecule has 0 unspecified atom stereocenters. The summed E-state index contributed by atoms with van der Waals surface area (Å²) in [6.45, 7) is 3.84. The molecule has 2 aliphatic rings. The van der Waals surface area contributed by atoms with Crippen LogP contribution in [0.15, 0.2) is 17.5 Å². The number of rotatable bonds is 2. The highest BCUT2D eigenvalue weighted by Crippen LogP contribution is 2.45. The molecule has 2 aliphatic heterocycles. The van der Waals surface area contributed by atoms with E-state index in [2.05, 4.69) is 0 Å². The van der Waals surface area contributed by atoms with Crippen molar-refractivity contribution in [3.8, 4) is 0 Å². The number of aromatic carboxylic acids is 1. The first-order valence-electron chi connectivity index (χ1n) is 8.34. The molecule has 2 aromatic rings. The molecule has 1 saturated heterocycles. The zero-order chi connectivity index (χ0) is 17.6. The van der Waals surface area contributed by atoms with Crippen molar-refractivity contribution >= 4 is 34.6 Å². The lowest BCUT2D eigenvalue weighted by Crippen LogP contribution is -2.47. The molecule has 2 aromatic heterocycles. The van der Waals surface area contributed by atoms with Gasteiger partial charge in [-0.3, -0.25) is 4.79 Å². The molecule has 1 amide bonds. The number of carbonyl (C=O) groups excluding carboxylic acids is 1. The van der Waals surface area contributed by atoms with Gasteiger partial charge >= 0.3 is 5.97 Å². The summed E-state index contributed by atoms with van der Waals surface area (Å²) in [5, 5.41) is 11.2. The molecule has 7 heteroatoms. The van der Waals surface area contributed by atoms with E-state index in [1.807, 2.05) is 23.3 Å². The van der Waals surface area contributed by atoms with Crippen molar-refractivity contribution in [1.82, 2.24) is 4.90 Å². The normalized spacial score (nSPS) is 19.0. The van der Waals surface area contributed by atoms with E-state index in [0.29, 0.717) is 24.6 Å². The molecule has 4 heterocycles. The fraction of sp³-hybridized carbons (Fsp3) is 0.444. The summed E-state index contributed by atoms with van der Waals surface area (Å²) in [4.78, 5) is 28.2. The van der Waals surface area contributed by atoms with Crippen LogP contribution in [0, 0.1) is 6.92 Å². The number of carboxylic acids is 1. The van der Waals surface area contributed by atoms with Crippen LogP contribution in [0.4, 0.5) is 0 Å². The largest absolute Gasteiger partial charge is 0.477 e. The maximum atomic E-state index is 12.7. The third-order valence-corrected chi connectivity index (χ3v) is 7.45. The number of thiophene rings is 2. The van der Waals surface area contributed by atoms with Crippen LogP contribution < -0.4 is 0 Å². The molecule has 0 aromatic carbocycles. The molecule has 0 aliphatic carbocycles. The van der Waals surface area contributed by atoms with Crippen LogP contribution in [0.3, 0.4) is 0 Å². The molecule has 1 spiro atoms. The van der Waals surface area contributed by atoms with Gasteiger partial charge in [-0.25, -0.2) is 4.79 Å². The third kappa shape index (κ3) is 2.80. The van der Waals surface area contributed by atoms with Gasteiger partial charge in [0.25, 0.3) is 5.91 Å². The van der Waals surface area contributed by atoms with Crippen molar-refractivity contribution in [2.45, 2.75) is 31.8 Å². The Morgan fingerprint density at radius 3 is 2.72 bits per heavy atom. The monoisotopic (exact) mass is 377 g/mol. The quantitative estimate of drug-likeness (QED) is 0.870. The predicted molar refractivity (Wildman–Crippen MR) is 96.8 cm³/mol. The fourth-order valence-electron chi connectivity index (χ4n) is 3.71. The number of likely N-dealkylation sites (tertiary alicyclic amines) is 1. The van der Waals surface area contributed by atoms with Gasteiger partial charge in [0, 0.05) is 18.0 Å². The summed E-state index contributed by atoms with van der Waals surface area (Å²) < 4.78 is 6.15. The zero-order valence-electron chi connectivity index (χ0n) is 13.9. The summed E-state index contributed by atoms with van der Waals surface area (Å²) >= 11 is 2.82. The first-order chi connectivity index (χ1) is 12.0. The van der Waals surface area contributed by atoms with Gasteiger partial charge in [0.1, 0.15) is 10.5 Å². The maximum Gasteiger partial charge on any atom is 0.345 e. The van der Waals surface area contributed by atoms with Crippen molar-refractivity contribution < 1.29 is 19.4 Å². The lowest BCUT2D eigenvalue weighted by molar-refractivity contribution is -0.0905. The van der Waals surface area contributed by atoms with Crippen LogP contribution in [0.2, 0.25) is 0 Å². The van der Waals surface area contributed by atoms with Gasteiger partial charge in [0.15, 0.2) is 0 Å². The third-order valence-electron chi connectivity index (χ3n) is 5.10. The van der Waals surface area contributed by atoms with E-state index >= 15 is 0 Å². The highest BCUT2D eigenvalue weighted by Gasteiger charge is 2.43. The van der Waals surface area contributed by atoms with Crippen LogP contribution in [0.5, 0.6) is 0 Å². The number of carbonyl (C=O) groups is 2. The summed E-state index contributed by atoms with van der Waals surface area (Å²) in [7, 11) is 0. The summed E-state index contributed by atoms with van der Waals surface area (Å²) in [5.41, 5.74) is 1.70. The lowest BCUT2D eigenvalue weighted by atomic mass is 9.85. The molecule has 132 valence electrons. The van der Waals surface area contributed by atoms with Gasteiger partial charge in [0.2, 0.25) is 0 Å². The second-order valence-electron chi connectivity index (χ2n) is 6.59. The summed E-state index contributed by atoms with van der Waals surface area (Å²) in [6.07, 6.45) is 2.20. The molecule has 5 nitrogen and oxygen atoms in total. The smallest absolute Gasteiger partial charge is 0.345 e. The van der Waals surface area contributed by atoms with Crippen LogP contribution in [-0.2, 0) is 16.8 Å². The van der Waals surface area contributed by atoms with Gasteiger partial charge in [-0.1, -0.05) is 0 Å². The Labute approximate surface area is 153 Å². The Morgan fingerprint density at radius 1 is 1.32 bits per heavy atom. The number of ether oxygens (including phenoxy) is 1. The van der Waals surface area contributed by atoms with Crippen LogP contribution in [0.1, 0.15) is 48.2 Å². The summed E-state index contributed by atoms with van der Waals surface area (Å²) in [5.74, 6) is -0.786. The number of hydrogen-bond acceptors (Lipinski definition) is 5. The Morgan fingerprint density at radius 2 is 2.08 bits per heavy atom. The number of amides is 1. The highest BCUT2D eigenvalue weighted by molar-refractivity contribution is 7.14. The van der Waals surface area contributed by atoms with Crippen LogP contribution in [-0.4, -0.2) is 41.6 Å². The van der Waals surface area contributed by atoms with Gasteiger partial charge in [0.05, 0.1) is 11.5 Å². The second kappa shape index (κ2) is 6.23. The van der Waals surface area contributed by atoms with Crippen molar-refractivity contribution in [3.63, 3.8) is 0 Å². The van der Waals surface area contributed by atoms with E-state index in [9.17, 15) is 14.7 Å². The van der Waals surface area contributed by atoms with E-state index in [4.69, 9.17) is 4.74 Å². The minimum Gasteiger partial charge on any atom is -0.477 e. The number of fused-ring (bicyclic) bond motifs is 2. The molecule has 0 atom stereocenters. The van der Waals surface area contributed by atoms with E-state index in [0.717, 1.165) is 40.1 Å². The SMILES string of the molecule is Cc1ccsc1C(=O)N1CCC2(CC1)OCCc1cc(C(=O)O)sc12. The maximum absolute atomic E-state index is 12.7. The number of hydrogen-bond donors (Lipinski definition) is 1. The molecule has 0 radical (unpaired) electrons. The first kappa shape index (κ1) is 16.8. The van der Waals surface area contributed by atoms with Gasteiger partial charge in [-0.2, -0.15) is 0 Å². The Hall–Kier alpha value is -1.70. The van der Waals surface area contributed by atoms with Crippen LogP contribution >= 0.6 is 22.7 Å². The molecule has 25 heavy (non-hydrogen) atoms. The topological polar surface area (TPSA) is 66.8 Å². The average Bonchev–Trinajstić information content (AvgIpc) is 3.22. The minimum atomic E-state index is -0.879. The highest BCUT2D eigenvalue weighted by atomic mass is 32.1. The van der Waals surface area contributed by atoms with Crippen molar-refractivity contribution in [3.05, 3.63) is 43.3 Å². The zero-order valence-corrected chi connectivity index (χ0v) is 15.5. The Bertz CT molecular complexity index is 830. The van der Waals surface area contributed by atoms with Crippen molar-refractivity contribution in [1.29, 1.82) is 0 Å². The predicted octanol–water partition coefficient (Wildman–Crippen LogP) is 3.52. The van der Waals surface area contributed by atoms with E-state index in [-0.39, 0.29) is 5.91 Å². The first-order valence-corrected chi connectivity index (χ1v) is 10.0. The fourth-order valence-corrected chi connectivity index (χ4v) is 5.85. The van der Waals surface area contributed by atoms with E-state index < -0.39 is 11.6 Å². The molecule has 4 rings (SSSR count). The molecule has 0 saturated carbocycles. The number of nitrogens with zero attached hydrogens (tertiary/aromatic N) is 1. The number of carboxylic acid groups (broad SMARTS) is 1. The standard InChI is InChI=1S/C18H19NO4S2/c1-11-3-9-24-14(11)16(20)19-6-4-18(5-7-19)15-12(2-8-23-18)10-13(25-15)17(21)22/h3,9-10H,2,4-8H2,1H3,(H,21,22). The molecule has 1 fully saturated rings. The Balaban J connectivity index is 1.55. The Kier molecular flexibility index (Phi) is 4.17. The van der Waals surface area contributed by atoms with Crippen LogP contribution in [0.25, 0.3) is 0 Å². The second-order valence-corrected chi connectivity index (χ2v) is 8.56. The van der Waals surface area contributed by atoms with Gasteiger partial charge < -0.3 is 14.7 Å². The number of aryl methyl sites for hydroxylation is 1. The lowest BCUT2D eigenvalue weighted by Gasteiger charge is -2.43. The van der Waals surface area contributed by atoms with E-state index in [1.165, 1.54) is 22.7 Å². The average molecular weight is 377 g/mol. The minimum absolute atomic E-state index is 0.0933. The van der Waals surface area contributed by atoms with Gasteiger partial charge in [-0.15, -0.1) is 22.7 Å². The number of piperidine rings is 1. The molecular formula is C18H19NO4S2. The molecule has 1 N–H and O–H groups in total. The molecule has 0 bridgehead atoms. The van der Waals surface area contributed by atoms with E-state index in [1.54, 1.807) is 6.07 Å². The van der Waals surface area contributed by atoms with Gasteiger partial charge in [-0.05, 0) is 54.8 Å².